The molecule has 8 nitrogen and oxygen atoms in total. The molecule has 2 saturated heterocycles. The zero-order valence-electron chi connectivity index (χ0n) is 12.1. The van der Waals surface area contributed by atoms with Crippen LogP contribution in [0.4, 0.5) is 5.82 Å². The number of fused-ring (bicyclic) bond motifs is 1. The van der Waals surface area contributed by atoms with Crippen molar-refractivity contribution >= 4 is 5.82 Å². The van der Waals surface area contributed by atoms with Crippen molar-refractivity contribution in [1.82, 2.24) is 9.55 Å². The third kappa shape index (κ3) is 2.06. The standard InChI is InChI=1S/C14H19N3O5/c15-9-3-6-17(13(19)16-9)12-11-10(8(7-18)20-12)21-14(22-11)4-1-2-5-14/h3,6,8,10-12,18H,1-2,4-5,7H2,(H2,15,16,19)/t8-,10-,11-,12-/m1/s1. The Labute approximate surface area is 126 Å². The van der Waals surface area contributed by atoms with Crippen molar-refractivity contribution in [3.63, 3.8) is 0 Å². The summed E-state index contributed by atoms with van der Waals surface area (Å²) in [5, 5.41) is 9.54. The maximum absolute atomic E-state index is 12.1. The Morgan fingerprint density at radius 1 is 1.36 bits per heavy atom. The van der Waals surface area contributed by atoms with E-state index in [2.05, 4.69) is 4.98 Å². The van der Waals surface area contributed by atoms with Gasteiger partial charge in [-0.1, -0.05) is 0 Å². The predicted molar refractivity (Wildman–Crippen MR) is 74.9 cm³/mol. The van der Waals surface area contributed by atoms with E-state index in [1.165, 1.54) is 16.8 Å². The number of nitrogen functional groups attached to an aromatic ring is 1. The topological polar surface area (TPSA) is 109 Å². The molecule has 120 valence electrons. The van der Waals surface area contributed by atoms with Crippen LogP contribution in [0.25, 0.3) is 0 Å². The summed E-state index contributed by atoms with van der Waals surface area (Å²) >= 11 is 0. The average molecular weight is 309 g/mol. The largest absolute Gasteiger partial charge is 0.394 e. The van der Waals surface area contributed by atoms with E-state index in [1.807, 2.05) is 0 Å². The Balaban J connectivity index is 1.67. The number of rotatable bonds is 2. The summed E-state index contributed by atoms with van der Waals surface area (Å²) < 4.78 is 19.3. The van der Waals surface area contributed by atoms with Crippen LogP contribution in [0.1, 0.15) is 31.9 Å². The zero-order chi connectivity index (χ0) is 15.3. The van der Waals surface area contributed by atoms with Gasteiger partial charge in [0.05, 0.1) is 6.61 Å². The first kappa shape index (κ1) is 14.1. The zero-order valence-corrected chi connectivity index (χ0v) is 12.1. The maximum Gasteiger partial charge on any atom is 0.351 e. The van der Waals surface area contributed by atoms with Gasteiger partial charge < -0.3 is 25.1 Å². The molecule has 22 heavy (non-hydrogen) atoms. The average Bonchev–Trinajstić information content (AvgIpc) is 3.16. The molecule has 0 radical (unpaired) electrons. The highest BCUT2D eigenvalue weighted by Gasteiger charge is 2.59. The molecule has 0 amide bonds. The quantitative estimate of drug-likeness (QED) is 0.776. The van der Waals surface area contributed by atoms with Gasteiger partial charge in [-0.15, -0.1) is 0 Å². The number of nitrogens with zero attached hydrogens (tertiary/aromatic N) is 2. The van der Waals surface area contributed by atoms with E-state index >= 15 is 0 Å². The fraction of sp³-hybridized carbons (Fsp3) is 0.714. The third-order valence-electron chi connectivity index (χ3n) is 4.66. The molecule has 1 saturated carbocycles. The number of aliphatic hydroxyl groups excluding tert-OH is 1. The normalized spacial score (nSPS) is 36.0. The second-order valence-corrected chi connectivity index (χ2v) is 6.07. The second-order valence-electron chi connectivity index (χ2n) is 6.07. The van der Waals surface area contributed by atoms with E-state index < -0.39 is 29.9 Å². The number of nitrogens with two attached hydrogens (primary N) is 1. The molecule has 3 fully saturated rings. The summed E-state index contributed by atoms with van der Waals surface area (Å²) in [6, 6.07) is 1.53. The molecular weight excluding hydrogens is 290 g/mol. The van der Waals surface area contributed by atoms with Crippen molar-refractivity contribution in [2.24, 2.45) is 0 Å². The fourth-order valence-electron chi connectivity index (χ4n) is 3.64. The maximum atomic E-state index is 12.1. The lowest BCUT2D eigenvalue weighted by molar-refractivity contribution is -0.216. The van der Waals surface area contributed by atoms with Crippen LogP contribution in [-0.2, 0) is 14.2 Å². The van der Waals surface area contributed by atoms with E-state index in [1.54, 1.807) is 0 Å². The molecule has 3 N–H and O–H groups in total. The molecular formula is C14H19N3O5. The molecule has 3 heterocycles. The van der Waals surface area contributed by atoms with Gasteiger partial charge in [0.1, 0.15) is 24.1 Å². The van der Waals surface area contributed by atoms with E-state index in [0.717, 1.165) is 25.7 Å². The fourth-order valence-corrected chi connectivity index (χ4v) is 3.64. The summed E-state index contributed by atoms with van der Waals surface area (Å²) in [5.74, 6) is -0.430. The van der Waals surface area contributed by atoms with Gasteiger partial charge in [0.15, 0.2) is 12.0 Å². The molecule has 1 aromatic rings. The molecule has 0 aromatic carbocycles. The Kier molecular flexibility index (Phi) is 3.23. The summed E-state index contributed by atoms with van der Waals surface area (Å²) in [5.41, 5.74) is 5.02. The van der Waals surface area contributed by atoms with Gasteiger partial charge in [0.25, 0.3) is 0 Å². The highest BCUT2D eigenvalue weighted by Crippen LogP contribution is 2.48. The minimum Gasteiger partial charge on any atom is -0.394 e. The van der Waals surface area contributed by atoms with Gasteiger partial charge in [0, 0.05) is 19.0 Å². The van der Waals surface area contributed by atoms with Crippen LogP contribution in [0.15, 0.2) is 17.1 Å². The number of ether oxygens (including phenoxy) is 3. The number of hydrogen-bond donors (Lipinski definition) is 2. The molecule has 1 aliphatic carbocycles. The Hall–Kier alpha value is -1.48. The molecule has 2 aliphatic heterocycles. The Morgan fingerprint density at radius 3 is 2.77 bits per heavy atom. The minimum atomic E-state index is -0.664. The van der Waals surface area contributed by atoms with Gasteiger partial charge >= 0.3 is 5.69 Å². The lowest BCUT2D eigenvalue weighted by Gasteiger charge is -2.27. The first-order chi connectivity index (χ1) is 10.6. The second kappa shape index (κ2) is 5.02. The summed E-state index contributed by atoms with van der Waals surface area (Å²) in [6.07, 6.45) is 3.32. The SMILES string of the molecule is Nc1ccn([C@@H]2O[C@H](CO)[C@H]3OC4(CCCC4)O[C@H]32)c(=O)n1. The number of hydrogen-bond acceptors (Lipinski definition) is 7. The van der Waals surface area contributed by atoms with Crippen molar-refractivity contribution in [3.05, 3.63) is 22.7 Å². The van der Waals surface area contributed by atoms with Crippen molar-refractivity contribution < 1.29 is 19.3 Å². The van der Waals surface area contributed by atoms with E-state index in [-0.39, 0.29) is 18.5 Å². The van der Waals surface area contributed by atoms with Crippen LogP contribution in [-0.4, -0.2) is 45.4 Å². The molecule has 0 bridgehead atoms. The molecule has 4 atom stereocenters. The summed E-state index contributed by atoms with van der Waals surface area (Å²) in [4.78, 5) is 15.8. The van der Waals surface area contributed by atoms with Crippen molar-refractivity contribution in [2.75, 3.05) is 12.3 Å². The lowest BCUT2D eigenvalue weighted by atomic mass is 10.1. The summed E-state index contributed by atoms with van der Waals surface area (Å²) in [7, 11) is 0. The molecule has 1 spiro atoms. The molecule has 4 rings (SSSR count). The van der Waals surface area contributed by atoms with Crippen LogP contribution in [0, 0.1) is 0 Å². The van der Waals surface area contributed by atoms with Crippen LogP contribution in [0.5, 0.6) is 0 Å². The van der Waals surface area contributed by atoms with E-state index in [4.69, 9.17) is 19.9 Å². The first-order valence-corrected chi connectivity index (χ1v) is 7.58. The highest BCUT2D eigenvalue weighted by molar-refractivity contribution is 5.23. The van der Waals surface area contributed by atoms with E-state index in [0.29, 0.717) is 0 Å². The monoisotopic (exact) mass is 309 g/mol. The van der Waals surface area contributed by atoms with E-state index in [9.17, 15) is 9.90 Å². The Morgan fingerprint density at radius 2 is 2.09 bits per heavy atom. The van der Waals surface area contributed by atoms with Crippen LogP contribution in [0.3, 0.4) is 0 Å². The predicted octanol–water partition coefficient (Wildman–Crippen LogP) is -0.231. The molecule has 8 heteroatoms. The van der Waals surface area contributed by atoms with Gasteiger partial charge in [-0.2, -0.15) is 4.98 Å². The summed E-state index contributed by atoms with van der Waals surface area (Å²) in [6.45, 7) is -0.186. The third-order valence-corrected chi connectivity index (χ3v) is 4.66. The first-order valence-electron chi connectivity index (χ1n) is 7.58. The van der Waals surface area contributed by atoms with Gasteiger partial charge in [-0.25, -0.2) is 4.79 Å². The smallest absolute Gasteiger partial charge is 0.351 e. The van der Waals surface area contributed by atoms with Crippen molar-refractivity contribution in [3.8, 4) is 0 Å². The molecule has 1 aromatic heterocycles. The van der Waals surface area contributed by atoms with Crippen LogP contribution < -0.4 is 11.4 Å². The van der Waals surface area contributed by atoms with Crippen molar-refractivity contribution in [1.29, 1.82) is 0 Å². The van der Waals surface area contributed by atoms with Gasteiger partial charge in [-0.05, 0) is 18.9 Å². The number of anilines is 1. The number of aromatic nitrogens is 2. The minimum absolute atomic E-state index is 0.158. The Bertz CT molecular complexity index is 627. The molecule has 0 unspecified atom stereocenters. The number of aliphatic hydroxyl groups is 1. The van der Waals surface area contributed by atoms with Crippen molar-refractivity contribution in [2.45, 2.75) is 56.0 Å². The molecule has 3 aliphatic rings. The van der Waals surface area contributed by atoms with Gasteiger partial charge in [-0.3, -0.25) is 4.57 Å². The lowest BCUT2D eigenvalue weighted by Crippen LogP contribution is -2.35. The van der Waals surface area contributed by atoms with Gasteiger partial charge in [0.2, 0.25) is 0 Å². The highest BCUT2D eigenvalue weighted by atomic mass is 16.8. The van der Waals surface area contributed by atoms with Crippen LogP contribution in [0.2, 0.25) is 0 Å². The van der Waals surface area contributed by atoms with Crippen LogP contribution >= 0.6 is 0 Å².